The molecule has 1 aromatic carbocycles. The van der Waals surface area contributed by atoms with Gasteiger partial charge in [-0.05, 0) is 63.3 Å². The summed E-state index contributed by atoms with van der Waals surface area (Å²) < 4.78 is 13.1. The quantitative estimate of drug-likeness (QED) is 0.919. The second-order valence-corrected chi connectivity index (χ2v) is 7.73. The Morgan fingerprint density at radius 2 is 2.05 bits per heavy atom. The fourth-order valence-electron chi connectivity index (χ4n) is 3.24. The molecule has 2 nitrogen and oxygen atoms in total. The fourth-order valence-corrected chi connectivity index (χ4v) is 5.27. The molecule has 0 amide bonds. The molecule has 112 valence electrons. The molecule has 0 radical (unpaired) electrons. The Kier molecular flexibility index (Phi) is 5.39. The number of rotatable bonds is 4. The van der Waals surface area contributed by atoms with Crippen molar-refractivity contribution in [2.75, 3.05) is 7.05 Å². The van der Waals surface area contributed by atoms with Crippen molar-refractivity contribution in [2.24, 2.45) is 5.92 Å². The van der Waals surface area contributed by atoms with Crippen molar-refractivity contribution in [3.8, 4) is 0 Å². The van der Waals surface area contributed by atoms with Crippen molar-refractivity contribution in [3.63, 3.8) is 0 Å². The van der Waals surface area contributed by atoms with Crippen LogP contribution in [0.3, 0.4) is 0 Å². The lowest BCUT2D eigenvalue weighted by molar-refractivity contribution is 0.301. The lowest BCUT2D eigenvalue weighted by Gasteiger charge is -2.35. The highest BCUT2D eigenvalue weighted by molar-refractivity contribution is 7.85. The zero-order chi connectivity index (χ0) is 14.7. The minimum atomic E-state index is -0.906. The lowest BCUT2D eigenvalue weighted by atomic mass is 9.84. The van der Waals surface area contributed by atoms with Gasteiger partial charge in [-0.1, -0.05) is 25.5 Å². The second kappa shape index (κ2) is 6.86. The van der Waals surface area contributed by atoms with Crippen LogP contribution in [0.2, 0.25) is 0 Å². The SMILES string of the molecule is CCC1CCC(NC)C(S(=O)c2cc(C)ccc2C)C1. The Morgan fingerprint density at radius 1 is 1.30 bits per heavy atom. The zero-order valence-electron chi connectivity index (χ0n) is 13.1. The van der Waals surface area contributed by atoms with E-state index in [9.17, 15) is 4.21 Å². The standard InChI is InChI=1S/C17H27NOS/c1-5-14-8-9-15(18-4)17(11-14)20(19)16-10-12(2)6-7-13(16)3/h6-7,10,14-15,17-18H,5,8-9,11H2,1-4H3. The molecular weight excluding hydrogens is 266 g/mol. The lowest BCUT2D eigenvalue weighted by Crippen LogP contribution is -2.44. The van der Waals surface area contributed by atoms with Gasteiger partial charge in [0, 0.05) is 10.9 Å². The van der Waals surface area contributed by atoms with E-state index in [2.05, 4.69) is 44.3 Å². The summed E-state index contributed by atoms with van der Waals surface area (Å²) >= 11 is 0. The molecule has 0 saturated heterocycles. The third-order valence-corrected chi connectivity index (χ3v) is 6.63. The molecule has 3 heteroatoms. The molecule has 4 atom stereocenters. The summed E-state index contributed by atoms with van der Waals surface area (Å²) in [6.07, 6.45) is 4.71. The molecule has 0 spiro atoms. The highest BCUT2D eigenvalue weighted by Crippen LogP contribution is 2.33. The Labute approximate surface area is 125 Å². The van der Waals surface area contributed by atoms with E-state index in [-0.39, 0.29) is 5.25 Å². The second-order valence-electron chi connectivity index (χ2n) is 6.09. The van der Waals surface area contributed by atoms with Crippen molar-refractivity contribution >= 4 is 10.8 Å². The Morgan fingerprint density at radius 3 is 2.70 bits per heavy atom. The van der Waals surface area contributed by atoms with E-state index in [0.29, 0.717) is 6.04 Å². The van der Waals surface area contributed by atoms with Crippen LogP contribution in [0.5, 0.6) is 0 Å². The molecule has 20 heavy (non-hydrogen) atoms. The third-order valence-electron chi connectivity index (χ3n) is 4.68. The van der Waals surface area contributed by atoms with Crippen molar-refractivity contribution < 1.29 is 4.21 Å². The van der Waals surface area contributed by atoms with Crippen molar-refractivity contribution in [1.82, 2.24) is 5.32 Å². The predicted molar refractivity (Wildman–Crippen MR) is 86.6 cm³/mol. The molecule has 0 aliphatic heterocycles. The van der Waals surface area contributed by atoms with Crippen LogP contribution in [-0.4, -0.2) is 22.5 Å². The van der Waals surface area contributed by atoms with Gasteiger partial charge in [-0.2, -0.15) is 0 Å². The normalized spacial score (nSPS) is 28.3. The van der Waals surface area contributed by atoms with Gasteiger partial charge in [0.25, 0.3) is 0 Å². The maximum atomic E-state index is 13.1. The first-order chi connectivity index (χ1) is 9.56. The number of hydrogen-bond acceptors (Lipinski definition) is 2. The van der Waals surface area contributed by atoms with Gasteiger partial charge in [0.2, 0.25) is 0 Å². The molecular formula is C17H27NOS. The van der Waals surface area contributed by atoms with Crippen LogP contribution >= 0.6 is 0 Å². The van der Waals surface area contributed by atoms with E-state index >= 15 is 0 Å². The van der Waals surface area contributed by atoms with Gasteiger partial charge in [-0.25, -0.2) is 0 Å². The van der Waals surface area contributed by atoms with E-state index in [0.717, 1.165) is 29.2 Å². The minimum absolute atomic E-state index is 0.249. The number of nitrogens with one attached hydrogen (secondary N) is 1. The van der Waals surface area contributed by atoms with E-state index in [4.69, 9.17) is 0 Å². The molecule has 4 unspecified atom stereocenters. The van der Waals surface area contributed by atoms with E-state index in [1.807, 2.05) is 7.05 Å². The molecule has 0 bridgehead atoms. The summed E-state index contributed by atoms with van der Waals surface area (Å²) in [7, 11) is 1.10. The largest absolute Gasteiger partial charge is 0.316 e. The number of aryl methyl sites for hydroxylation is 2. The van der Waals surface area contributed by atoms with Crippen LogP contribution in [0.15, 0.2) is 23.1 Å². The fraction of sp³-hybridized carbons (Fsp3) is 0.647. The number of hydrogen-bond donors (Lipinski definition) is 1. The monoisotopic (exact) mass is 293 g/mol. The summed E-state index contributed by atoms with van der Waals surface area (Å²) in [6, 6.07) is 6.69. The summed E-state index contributed by atoms with van der Waals surface area (Å²) in [5, 5.41) is 3.64. The van der Waals surface area contributed by atoms with Crippen molar-refractivity contribution in [2.45, 2.75) is 62.6 Å². The molecule has 1 fully saturated rings. The van der Waals surface area contributed by atoms with Crippen LogP contribution in [-0.2, 0) is 10.8 Å². The van der Waals surface area contributed by atoms with Gasteiger partial charge < -0.3 is 5.32 Å². The molecule has 1 aliphatic carbocycles. The summed E-state index contributed by atoms with van der Waals surface area (Å²) in [4.78, 5) is 1.03. The van der Waals surface area contributed by atoms with Gasteiger partial charge in [0.05, 0.1) is 16.0 Å². The zero-order valence-corrected chi connectivity index (χ0v) is 13.9. The molecule has 0 heterocycles. The van der Waals surface area contributed by atoms with E-state index < -0.39 is 10.8 Å². The smallest absolute Gasteiger partial charge is 0.0579 e. The first kappa shape index (κ1) is 15.7. The van der Waals surface area contributed by atoms with Crippen LogP contribution < -0.4 is 5.32 Å². The number of benzene rings is 1. The molecule has 1 saturated carbocycles. The highest BCUT2D eigenvalue weighted by Gasteiger charge is 2.33. The average Bonchev–Trinajstić information content (AvgIpc) is 2.48. The summed E-state index contributed by atoms with van der Waals surface area (Å²) in [6.45, 7) is 6.40. The first-order valence-corrected chi connectivity index (χ1v) is 8.93. The summed E-state index contributed by atoms with van der Waals surface area (Å²) in [5.41, 5.74) is 2.35. The van der Waals surface area contributed by atoms with Gasteiger partial charge in [0.1, 0.15) is 0 Å². The Balaban J connectivity index is 2.26. The first-order valence-electron chi connectivity index (χ1n) is 7.71. The molecule has 2 rings (SSSR count). The van der Waals surface area contributed by atoms with Crippen molar-refractivity contribution in [3.05, 3.63) is 29.3 Å². The maximum absolute atomic E-state index is 13.1. The van der Waals surface area contributed by atoms with Crippen LogP contribution in [0.4, 0.5) is 0 Å². The van der Waals surface area contributed by atoms with Gasteiger partial charge in [-0.15, -0.1) is 0 Å². The Hall–Kier alpha value is -0.670. The molecule has 0 aromatic heterocycles. The summed E-state index contributed by atoms with van der Waals surface area (Å²) in [5.74, 6) is 0.735. The topological polar surface area (TPSA) is 29.1 Å². The van der Waals surface area contributed by atoms with E-state index in [1.54, 1.807) is 0 Å². The van der Waals surface area contributed by atoms with E-state index in [1.165, 1.54) is 18.4 Å². The van der Waals surface area contributed by atoms with Gasteiger partial charge in [0.15, 0.2) is 0 Å². The van der Waals surface area contributed by atoms with Gasteiger partial charge >= 0.3 is 0 Å². The van der Waals surface area contributed by atoms with Crippen LogP contribution in [0, 0.1) is 19.8 Å². The molecule has 1 aromatic rings. The van der Waals surface area contributed by atoms with Gasteiger partial charge in [-0.3, -0.25) is 4.21 Å². The van der Waals surface area contributed by atoms with Crippen molar-refractivity contribution in [1.29, 1.82) is 0 Å². The van der Waals surface area contributed by atoms with Crippen LogP contribution in [0.25, 0.3) is 0 Å². The molecule has 1 N–H and O–H groups in total. The average molecular weight is 293 g/mol. The van der Waals surface area contributed by atoms with Crippen LogP contribution in [0.1, 0.15) is 43.7 Å². The Bertz CT molecular complexity index is 486. The predicted octanol–water partition coefficient (Wildman–Crippen LogP) is 3.58. The molecule has 1 aliphatic rings. The highest BCUT2D eigenvalue weighted by atomic mass is 32.2. The third kappa shape index (κ3) is 3.32. The maximum Gasteiger partial charge on any atom is 0.0579 e. The minimum Gasteiger partial charge on any atom is -0.316 e.